The van der Waals surface area contributed by atoms with Gasteiger partial charge >= 0.3 is 6.18 Å². The van der Waals surface area contributed by atoms with E-state index >= 15 is 0 Å². The van der Waals surface area contributed by atoms with Gasteiger partial charge in [-0.25, -0.2) is 0 Å². The Labute approximate surface area is 92.0 Å². The van der Waals surface area contributed by atoms with E-state index in [2.05, 4.69) is 4.72 Å². The van der Waals surface area contributed by atoms with Gasteiger partial charge in [0.15, 0.2) is 0 Å². The van der Waals surface area contributed by atoms with E-state index in [9.17, 15) is 21.6 Å². The maximum absolute atomic E-state index is 12.1. The normalized spacial score (nSPS) is 18.1. The molecule has 0 heterocycles. The molecule has 16 heavy (non-hydrogen) atoms. The monoisotopic (exact) mass is 261 g/mol. The third-order valence-electron chi connectivity index (χ3n) is 1.97. The molecule has 96 valence electrons. The molecule has 0 saturated heterocycles. The average molecular weight is 261 g/mol. The lowest BCUT2D eigenvalue weighted by atomic mass is 10.5. The Morgan fingerprint density at radius 1 is 1.38 bits per heavy atom. The molecule has 1 rings (SSSR count). The second kappa shape index (κ2) is 4.86. The summed E-state index contributed by atoms with van der Waals surface area (Å²) in [6.07, 6.45) is -3.23. The second-order valence-electron chi connectivity index (χ2n) is 3.63. The highest BCUT2D eigenvalue weighted by Gasteiger charge is 2.38. The van der Waals surface area contributed by atoms with Crippen molar-refractivity contribution in [1.82, 2.24) is 9.03 Å². The summed E-state index contributed by atoms with van der Waals surface area (Å²) in [7, 11) is -4.07. The van der Waals surface area contributed by atoms with Crippen molar-refractivity contribution < 1.29 is 21.6 Å². The van der Waals surface area contributed by atoms with Crippen LogP contribution in [-0.4, -0.2) is 44.6 Å². The van der Waals surface area contributed by atoms with Gasteiger partial charge < -0.3 is 5.73 Å². The topological polar surface area (TPSA) is 75.4 Å². The molecular formula is C7H14F3N3O2S. The highest BCUT2D eigenvalue weighted by atomic mass is 32.2. The Morgan fingerprint density at radius 3 is 2.31 bits per heavy atom. The zero-order valence-electron chi connectivity index (χ0n) is 8.50. The summed E-state index contributed by atoms with van der Waals surface area (Å²) >= 11 is 0. The van der Waals surface area contributed by atoms with Crippen LogP contribution in [0.1, 0.15) is 12.8 Å². The maximum atomic E-state index is 12.1. The fourth-order valence-electron chi connectivity index (χ4n) is 1.11. The summed E-state index contributed by atoms with van der Waals surface area (Å²) < 4.78 is 61.9. The first-order valence-corrected chi connectivity index (χ1v) is 6.23. The molecule has 1 saturated carbocycles. The SMILES string of the molecule is NCCN(CC(F)(F)F)S(=O)(=O)NC1CC1. The van der Waals surface area contributed by atoms with Gasteiger partial charge in [-0.3, -0.25) is 0 Å². The Bertz CT molecular complexity index is 326. The van der Waals surface area contributed by atoms with Crippen LogP contribution in [0.4, 0.5) is 13.2 Å². The van der Waals surface area contributed by atoms with Crippen LogP contribution in [0.2, 0.25) is 0 Å². The van der Waals surface area contributed by atoms with Crippen molar-refractivity contribution in [3.63, 3.8) is 0 Å². The van der Waals surface area contributed by atoms with Gasteiger partial charge in [0.25, 0.3) is 10.2 Å². The number of halogens is 3. The van der Waals surface area contributed by atoms with Crippen LogP contribution in [0.15, 0.2) is 0 Å². The van der Waals surface area contributed by atoms with Crippen LogP contribution in [0.5, 0.6) is 0 Å². The Hall–Kier alpha value is -0.380. The predicted octanol–water partition coefficient (Wildman–Crippen LogP) is -0.194. The molecule has 0 aromatic carbocycles. The van der Waals surface area contributed by atoms with Gasteiger partial charge in [-0.2, -0.15) is 30.6 Å². The maximum Gasteiger partial charge on any atom is 0.402 e. The lowest BCUT2D eigenvalue weighted by molar-refractivity contribution is -0.136. The van der Waals surface area contributed by atoms with Gasteiger partial charge in [0, 0.05) is 19.1 Å². The first kappa shape index (κ1) is 13.7. The smallest absolute Gasteiger partial charge is 0.329 e. The minimum Gasteiger partial charge on any atom is -0.329 e. The lowest BCUT2D eigenvalue weighted by Gasteiger charge is -2.22. The van der Waals surface area contributed by atoms with E-state index in [4.69, 9.17) is 5.73 Å². The molecule has 0 spiro atoms. The quantitative estimate of drug-likeness (QED) is 0.695. The fourth-order valence-corrected chi connectivity index (χ4v) is 2.58. The van der Waals surface area contributed by atoms with E-state index in [1.54, 1.807) is 0 Å². The molecule has 1 aliphatic carbocycles. The number of rotatable bonds is 6. The van der Waals surface area contributed by atoms with Gasteiger partial charge in [-0.15, -0.1) is 0 Å². The van der Waals surface area contributed by atoms with Crippen LogP contribution < -0.4 is 10.5 Å². The number of nitrogens with zero attached hydrogens (tertiary/aromatic N) is 1. The molecule has 0 atom stereocenters. The molecule has 1 fully saturated rings. The molecule has 1 aliphatic rings. The highest BCUT2D eigenvalue weighted by Crippen LogP contribution is 2.22. The van der Waals surface area contributed by atoms with E-state index in [0.29, 0.717) is 17.1 Å². The highest BCUT2D eigenvalue weighted by molar-refractivity contribution is 7.87. The van der Waals surface area contributed by atoms with E-state index in [1.807, 2.05) is 0 Å². The zero-order valence-corrected chi connectivity index (χ0v) is 9.31. The zero-order chi connectivity index (χ0) is 12.4. The number of nitrogens with two attached hydrogens (primary N) is 1. The third-order valence-corrected chi connectivity index (χ3v) is 3.59. The Balaban J connectivity index is 2.66. The van der Waals surface area contributed by atoms with Crippen molar-refractivity contribution in [2.75, 3.05) is 19.6 Å². The van der Waals surface area contributed by atoms with Gasteiger partial charge in [-0.05, 0) is 12.8 Å². The third kappa shape index (κ3) is 4.64. The first-order valence-electron chi connectivity index (χ1n) is 4.79. The van der Waals surface area contributed by atoms with Crippen molar-refractivity contribution in [3.8, 4) is 0 Å². The average Bonchev–Trinajstić information content (AvgIpc) is 2.84. The summed E-state index contributed by atoms with van der Waals surface area (Å²) in [6.45, 7) is -2.00. The lowest BCUT2D eigenvalue weighted by Crippen LogP contribution is -2.47. The molecule has 0 aliphatic heterocycles. The minimum absolute atomic E-state index is 0.151. The molecule has 0 aromatic heterocycles. The van der Waals surface area contributed by atoms with E-state index < -0.39 is 22.9 Å². The Morgan fingerprint density at radius 2 is 1.94 bits per heavy atom. The van der Waals surface area contributed by atoms with E-state index in [-0.39, 0.29) is 19.1 Å². The number of alkyl halides is 3. The van der Waals surface area contributed by atoms with Crippen LogP contribution in [-0.2, 0) is 10.2 Å². The number of nitrogens with one attached hydrogen (secondary N) is 1. The minimum atomic E-state index is -4.56. The molecule has 9 heteroatoms. The van der Waals surface area contributed by atoms with Crippen molar-refractivity contribution >= 4 is 10.2 Å². The molecular weight excluding hydrogens is 247 g/mol. The van der Waals surface area contributed by atoms with E-state index in [1.165, 1.54) is 0 Å². The molecule has 0 amide bonds. The van der Waals surface area contributed by atoms with Crippen molar-refractivity contribution in [2.24, 2.45) is 5.73 Å². The Kier molecular flexibility index (Phi) is 4.16. The van der Waals surface area contributed by atoms with Crippen molar-refractivity contribution in [1.29, 1.82) is 0 Å². The molecule has 0 unspecified atom stereocenters. The molecule has 0 aromatic rings. The predicted molar refractivity (Wildman–Crippen MR) is 51.8 cm³/mol. The first-order chi connectivity index (χ1) is 7.24. The summed E-state index contributed by atoms with van der Waals surface area (Å²) in [5.41, 5.74) is 5.09. The summed E-state index contributed by atoms with van der Waals surface area (Å²) in [5.74, 6) is 0. The van der Waals surface area contributed by atoms with Crippen LogP contribution in [0.3, 0.4) is 0 Å². The number of hydrogen-bond acceptors (Lipinski definition) is 3. The summed E-state index contributed by atoms with van der Waals surface area (Å²) in [5, 5.41) is 0. The van der Waals surface area contributed by atoms with Crippen LogP contribution in [0.25, 0.3) is 0 Å². The van der Waals surface area contributed by atoms with Gasteiger partial charge in [0.2, 0.25) is 0 Å². The molecule has 5 nitrogen and oxygen atoms in total. The van der Waals surface area contributed by atoms with Gasteiger partial charge in [0.05, 0.1) is 0 Å². The van der Waals surface area contributed by atoms with Crippen molar-refractivity contribution in [3.05, 3.63) is 0 Å². The fraction of sp³-hybridized carbons (Fsp3) is 1.00. The standard InChI is InChI=1S/C7H14F3N3O2S/c8-7(9,10)5-13(4-3-11)16(14,15)12-6-1-2-6/h6,12H,1-5,11H2. The summed E-state index contributed by atoms with van der Waals surface area (Å²) in [6, 6.07) is -0.224. The summed E-state index contributed by atoms with van der Waals surface area (Å²) in [4.78, 5) is 0. The van der Waals surface area contributed by atoms with Crippen LogP contribution >= 0.6 is 0 Å². The second-order valence-corrected chi connectivity index (χ2v) is 5.34. The largest absolute Gasteiger partial charge is 0.402 e. The number of hydrogen-bond donors (Lipinski definition) is 2. The van der Waals surface area contributed by atoms with Gasteiger partial charge in [-0.1, -0.05) is 0 Å². The molecule has 3 N–H and O–H groups in total. The van der Waals surface area contributed by atoms with Crippen molar-refractivity contribution in [2.45, 2.75) is 25.1 Å². The van der Waals surface area contributed by atoms with E-state index in [0.717, 1.165) is 0 Å². The van der Waals surface area contributed by atoms with Crippen LogP contribution in [0, 0.1) is 0 Å². The molecule has 0 bridgehead atoms. The van der Waals surface area contributed by atoms with Gasteiger partial charge in [0.1, 0.15) is 6.54 Å². The molecule has 0 radical (unpaired) electrons.